The number of carbonyl (C=O) groups excluding carboxylic acids is 2. The molecule has 0 aliphatic carbocycles. The first-order chi connectivity index (χ1) is 15.2. The van der Waals surface area contributed by atoms with Crippen LogP contribution in [0.15, 0.2) is 79.0 Å². The number of ether oxygens (including phenoxy) is 2. The van der Waals surface area contributed by atoms with Gasteiger partial charge in [0.15, 0.2) is 0 Å². The van der Waals surface area contributed by atoms with Crippen LogP contribution >= 0.6 is 0 Å². The number of nitrogens with two attached hydrogens (primary N) is 1. The molecule has 0 spiro atoms. The number of rotatable bonds is 7. The Morgan fingerprint density at radius 2 is 1.58 bits per heavy atom. The Balaban J connectivity index is 1.52. The van der Waals surface area contributed by atoms with Crippen LogP contribution in [0.5, 0.6) is 5.75 Å². The summed E-state index contributed by atoms with van der Waals surface area (Å²) in [5, 5.41) is 0.950. The van der Waals surface area contributed by atoms with Crippen molar-refractivity contribution >= 4 is 22.8 Å². The maximum Gasteiger partial charge on any atom is 0.344 e. The van der Waals surface area contributed by atoms with Crippen molar-refractivity contribution in [1.82, 2.24) is 4.98 Å². The van der Waals surface area contributed by atoms with Gasteiger partial charge < -0.3 is 20.2 Å². The molecule has 0 unspecified atom stereocenters. The molecular formula is C25H22N2O4. The lowest BCUT2D eigenvalue weighted by Crippen LogP contribution is -2.16. The number of esters is 2. The summed E-state index contributed by atoms with van der Waals surface area (Å²) < 4.78 is 11.0. The summed E-state index contributed by atoms with van der Waals surface area (Å²) in [5.74, 6) is -0.812. The van der Waals surface area contributed by atoms with Gasteiger partial charge >= 0.3 is 11.9 Å². The van der Waals surface area contributed by atoms with Crippen LogP contribution in [0.1, 0.15) is 31.8 Å². The molecule has 156 valence electrons. The van der Waals surface area contributed by atoms with E-state index in [0.29, 0.717) is 18.7 Å². The fraction of sp³-hybridized carbons (Fsp3) is 0.120. The van der Waals surface area contributed by atoms with Gasteiger partial charge in [-0.3, -0.25) is 0 Å². The van der Waals surface area contributed by atoms with Gasteiger partial charge in [0.2, 0.25) is 0 Å². The lowest BCUT2D eigenvalue weighted by Gasteiger charge is -2.10. The number of nitrogens with one attached hydrogen (secondary N) is 1. The van der Waals surface area contributed by atoms with Gasteiger partial charge in [-0.25, -0.2) is 9.59 Å². The van der Waals surface area contributed by atoms with Crippen molar-refractivity contribution in [1.29, 1.82) is 0 Å². The van der Waals surface area contributed by atoms with E-state index in [1.165, 1.54) is 0 Å². The summed E-state index contributed by atoms with van der Waals surface area (Å²) in [6, 6.07) is 21.2. The fourth-order valence-electron chi connectivity index (χ4n) is 3.39. The van der Waals surface area contributed by atoms with Crippen molar-refractivity contribution in [3.8, 4) is 5.75 Å². The van der Waals surface area contributed by atoms with E-state index in [0.717, 1.165) is 22.0 Å². The Hall–Kier alpha value is -3.90. The summed E-state index contributed by atoms with van der Waals surface area (Å²) in [7, 11) is 0. The van der Waals surface area contributed by atoms with Crippen LogP contribution in [0.3, 0.4) is 0 Å². The Bertz CT molecular complexity index is 1210. The molecule has 0 atom stereocenters. The van der Waals surface area contributed by atoms with Crippen LogP contribution in [-0.2, 0) is 17.8 Å². The van der Waals surface area contributed by atoms with E-state index < -0.39 is 11.9 Å². The standard InChI is InChI=1S/C25H22N2O4/c26-13-12-18-15-27-23-11-10-19(14-22(18)23)31-25(29)21-9-5-4-8-20(21)24(28)30-16-17-6-2-1-3-7-17/h1-11,14-15,27H,12-13,16,26H2. The third-order valence-corrected chi connectivity index (χ3v) is 4.94. The lowest BCUT2D eigenvalue weighted by molar-refractivity contribution is 0.0465. The third-order valence-electron chi connectivity index (χ3n) is 4.94. The summed E-state index contributed by atoms with van der Waals surface area (Å²) in [6.07, 6.45) is 2.62. The van der Waals surface area contributed by atoms with E-state index in [9.17, 15) is 9.59 Å². The first-order valence-electron chi connectivity index (χ1n) is 9.98. The van der Waals surface area contributed by atoms with E-state index in [4.69, 9.17) is 15.2 Å². The topological polar surface area (TPSA) is 94.4 Å². The van der Waals surface area contributed by atoms with Crippen molar-refractivity contribution in [2.45, 2.75) is 13.0 Å². The predicted molar refractivity (Wildman–Crippen MR) is 118 cm³/mol. The van der Waals surface area contributed by atoms with E-state index in [1.807, 2.05) is 42.6 Å². The number of fused-ring (bicyclic) bond motifs is 1. The molecule has 31 heavy (non-hydrogen) atoms. The second-order valence-electron chi connectivity index (χ2n) is 7.06. The minimum Gasteiger partial charge on any atom is -0.457 e. The predicted octanol–water partition coefficient (Wildman–Crippen LogP) is 4.25. The molecule has 0 saturated heterocycles. The fourth-order valence-corrected chi connectivity index (χ4v) is 3.39. The first kappa shape index (κ1) is 20.4. The van der Waals surface area contributed by atoms with Gasteiger partial charge in [-0.05, 0) is 54.4 Å². The zero-order valence-electron chi connectivity index (χ0n) is 16.8. The highest BCUT2D eigenvalue weighted by molar-refractivity contribution is 6.04. The number of carbonyl (C=O) groups is 2. The van der Waals surface area contributed by atoms with Crippen LogP contribution < -0.4 is 10.5 Å². The molecule has 0 aliphatic heterocycles. The Morgan fingerprint density at radius 3 is 2.32 bits per heavy atom. The quantitative estimate of drug-likeness (QED) is 0.348. The van der Waals surface area contributed by atoms with Gasteiger partial charge in [0.1, 0.15) is 12.4 Å². The van der Waals surface area contributed by atoms with Gasteiger partial charge in [0.25, 0.3) is 0 Å². The van der Waals surface area contributed by atoms with E-state index in [1.54, 1.807) is 36.4 Å². The molecule has 0 radical (unpaired) electrons. The highest BCUT2D eigenvalue weighted by atomic mass is 16.5. The maximum absolute atomic E-state index is 12.8. The second-order valence-corrected chi connectivity index (χ2v) is 7.06. The number of aromatic amines is 1. The van der Waals surface area contributed by atoms with Crippen molar-refractivity contribution in [2.24, 2.45) is 5.73 Å². The van der Waals surface area contributed by atoms with Gasteiger partial charge in [-0.15, -0.1) is 0 Å². The zero-order valence-corrected chi connectivity index (χ0v) is 16.8. The van der Waals surface area contributed by atoms with Crippen LogP contribution in [0, 0.1) is 0 Å². The summed E-state index contributed by atoms with van der Waals surface area (Å²) >= 11 is 0. The first-order valence-corrected chi connectivity index (χ1v) is 9.98. The number of hydrogen-bond acceptors (Lipinski definition) is 5. The SMILES string of the molecule is NCCc1c[nH]c2ccc(OC(=O)c3ccccc3C(=O)OCc3ccccc3)cc12. The Labute approximate surface area is 179 Å². The third kappa shape index (κ3) is 4.65. The molecule has 3 N–H and O–H groups in total. The Morgan fingerprint density at radius 1 is 0.871 bits per heavy atom. The van der Waals surface area contributed by atoms with Crippen molar-refractivity contribution in [3.05, 3.63) is 101 Å². The lowest BCUT2D eigenvalue weighted by atomic mass is 10.1. The van der Waals surface area contributed by atoms with Crippen molar-refractivity contribution in [3.63, 3.8) is 0 Å². The van der Waals surface area contributed by atoms with E-state index in [-0.39, 0.29) is 17.7 Å². The second kappa shape index (κ2) is 9.28. The molecule has 0 saturated carbocycles. The summed E-state index contributed by atoms with van der Waals surface area (Å²) in [4.78, 5) is 28.6. The highest BCUT2D eigenvalue weighted by Gasteiger charge is 2.20. The number of benzene rings is 3. The smallest absolute Gasteiger partial charge is 0.344 e. The number of aromatic nitrogens is 1. The van der Waals surface area contributed by atoms with Gasteiger partial charge in [0, 0.05) is 17.1 Å². The zero-order chi connectivity index (χ0) is 21.6. The summed E-state index contributed by atoms with van der Waals surface area (Å²) in [5.41, 5.74) is 8.84. The summed E-state index contributed by atoms with van der Waals surface area (Å²) in [6.45, 7) is 0.645. The monoisotopic (exact) mass is 414 g/mol. The highest BCUT2D eigenvalue weighted by Crippen LogP contribution is 2.25. The molecule has 0 amide bonds. The molecule has 0 fully saturated rings. The molecule has 6 heteroatoms. The normalized spacial score (nSPS) is 10.7. The van der Waals surface area contributed by atoms with Gasteiger partial charge in [0.05, 0.1) is 11.1 Å². The molecule has 0 aliphatic rings. The minimum absolute atomic E-state index is 0.122. The van der Waals surface area contributed by atoms with Crippen molar-refractivity contribution in [2.75, 3.05) is 6.54 Å². The van der Waals surface area contributed by atoms with Crippen LogP contribution in [0.4, 0.5) is 0 Å². The van der Waals surface area contributed by atoms with Gasteiger partial charge in [-0.1, -0.05) is 42.5 Å². The van der Waals surface area contributed by atoms with Crippen LogP contribution in [0.2, 0.25) is 0 Å². The number of hydrogen-bond donors (Lipinski definition) is 2. The molecule has 3 aromatic carbocycles. The van der Waals surface area contributed by atoms with Crippen LogP contribution in [0.25, 0.3) is 10.9 Å². The molecule has 0 bridgehead atoms. The van der Waals surface area contributed by atoms with E-state index >= 15 is 0 Å². The largest absolute Gasteiger partial charge is 0.457 e. The minimum atomic E-state index is -0.623. The molecule has 1 aromatic heterocycles. The maximum atomic E-state index is 12.8. The molecule has 4 rings (SSSR count). The average Bonchev–Trinajstić information content (AvgIpc) is 3.20. The average molecular weight is 414 g/mol. The molecule has 1 heterocycles. The van der Waals surface area contributed by atoms with Crippen LogP contribution in [-0.4, -0.2) is 23.5 Å². The molecular weight excluding hydrogens is 392 g/mol. The Kier molecular flexibility index (Phi) is 6.10. The molecule has 6 nitrogen and oxygen atoms in total. The number of H-pyrrole nitrogens is 1. The van der Waals surface area contributed by atoms with E-state index in [2.05, 4.69) is 4.98 Å². The molecule has 4 aromatic rings. The van der Waals surface area contributed by atoms with Crippen molar-refractivity contribution < 1.29 is 19.1 Å². The van der Waals surface area contributed by atoms with Gasteiger partial charge in [-0.2, -0.15) is 0 Å².